The molecule has 2 unspecified atom stereocenters. The first-order valence-electron chi connectivity index (χ1n) is 21.0. The first kappa shape index (κ1) is 43.4. The molecule has 3 N–H and O–H groups in total. The average Bonchev–Trinajstić information content (AvgIpc) is 3.15. The van der Waals surface area contributed by atoms with Gasteiger partial charge in [0.25, 0.3) is 5.91 Å². The Morgan fingerprint density at radius 1 is 0.684 bits per heavy atom. The van der Waals surface area contributed by atoms with E-state index in [1.807, 2.05) is 62.4 Å². The van der Waals surface area contributed by atoms with Crippen molar-refractivity contribution in [1.29, 1.82) is 0 Å². The summed E-state index contributed by atoms with van der Waals surface area (Å²) in [5.41, 5.74) is 3.39. The van der Waals surface area contributed by atoms with Crippen molar-refractivity contribution in [3.8, 4) is 11.5 Å². The summed E-state index contributed by atoms with van der Waals surface area (Å²) < 4.78 is 5.93. The summed E-state index contributed by atoms with van der Waals surface area (Å²) in [5, 5.41) is 9.63. The summed E-state index contributed by atoms with van der Waals surface area (Å²) >= 11 is 0. The van der Waals surface area contributed by atoms with Crippen molar-refractivity contribution in [2.75, 3.05) is 25.0 Å². The van der Waals surface area contributed by atoms with E-state index in [2.05, 4.69) is 62.4 Å². The number of piperazine rings is 2. The van der Waals surface area contributed by atoms with E-state index in [0.717, 1.165) is 48.2 Å². The second-order valence-electron chi connectivity index (χ2n) is 17.6. The monoisotopic (exact) mass is 779 g/mol. The zero-order valence-corrected chi connectivity index (χ0v) is 35.3. The normalized spacial score (nSPS) is 21.2. The van der Waals surface area contributed by atoms with Crippen LogP contribution < -0.4 is 20.7 Å². The number of ether oxygens (including phenoxy) is 1. The second kappa shape index (κ2) is 20.1. The topological polar surface area (TPSA) is 120 Å². The van der Waals surface area contributed by atoms with Crippen LogP contribution in [0.1, 0.15) is 102 Å². The van der Waals surface area contributed by atoms with Crippen LogP contribution in [0.25, 0.3) is 0 Å². The van der Waals surface area contributed by atoms with Crippen molar-refractivity contribution in [3.05, 3.63) is 89.5 Å². The van der Waals surface area contributed by atoms with Crippen LogP contribution in [0.5, 0.6) is 11.5 Å². The Morgan fingerprint density at radius 3 is 1.86 bits per heavy atom. The van der Waals surface area contributed by atoms with Crippen LogP contribution >= 0.6 is 0 Å². The van der Waals surface area contributed by atoms with E-state index >= 15 is 0 Å². The second-order valence-corrected chi connectivity index (χ2v) is 17.6. The fraction of sp³-hybridized carbons (Fsp3) is 0.532. The summed E-state index contributed by atoms with van der Waals surface area (Å²) in [7, 11) is 0. The zero-order chi connectivity index (χ0) is 41.2. The van der Waals surface area contributed by atoms with E-state index in [9.17, 15) is 19.2 Å². The van der Waals surface area contributed by atoms with Gasteiger partial charge in [-0.25, -0.2) is 0 Å². The third kappa shape index (κ3) is 12.4. The first-order valence-corrected chi connectivity index (χ1v) is 21.0. The highest BCUT2D eigenvalue weighted by molar-refractivity contribution is 5.98. The van der Waals surface area contributed by atoms with Crippen LogP contribution in [0.15, 0.2) is 72.8 Å². The van der Waals surface area contributed by atoms with Gasteiger partial charge in [-0.05, 0) is 111 Å². The molecule has 0 spiro atoms. The molecule has 2 aliphatic rings. The van der Waals surface area contributed by atoms with Crippen LogP contribution in [-0.2, 0) is 14.4 Å². The fourth-order valence-corrected chi connectivity index (χ4v) is 8.44. The van der Waals surface area contributed by atoms with Gasteiger partial charge in [-0.3, -0.25) is 24.1 Å². The summed E-state index contributed by atoms with van der Waals surface area (Å²) in [4.78, 5) is 58.5. The number of benzene rings is 3. The Balaban J connectivity index is 1.18. The number of carbonyl (C=O) groups is 4. The molecular formula is C47H65N5O5. The van der Waals surface area contributed by atoms with Gasteiger partial charge in [-0.2, -0.15) is 0 Å². The molecule has 10 heteroatoms. The molecule has 0 aromatic heterocycles. The van der Waals surface area contributed by atoms with Gasteiger partial charge in [0.2, 0.25) is 17.7 Å². The molecule has 0 radical (unpaired) electrons. The molecule has 2 fully saturated rings. The van der Waals surface area contributed by atoms with Gasteiger partial charge in [0, 0.05) is 36.4 Å². The Kier molecular flexibility index (Phi) is 15.3. The summed E-state index contributed by atoms with van der Waals surface area (Å²) in [6, 6.07) is 21.5. The van der Waals surface area contributed by atoms with Crippen molar-refractivity contribution in [3.63, 3.8) is 0 Å². The number of aryl methyl sites for hydroxylation is 2. The summed E-state index contributed by atoms with van der Waals surface area (Å²) in [6.45, 7) is 18.1. The molecule has 0 aliphatic carbocycles. The van der Waals surface area contributed by atoms with Gasteiger partial charge in [0.1, 0.15) is 17.5 Å². The number of para-hydroxylation sites is 2. The third-order valence-corrected chi connectivity index (χ3v) is 11.3. The number of rotatable bonds is 17. The van der Waals surface area contributed by atoms with Crippen molar-refractivity contribution in [2.24, 2.45) is 23.7 Å². The summed E-state index contributed by atoms with van der Waals surface area (Å²) in [6.07, 6.45) is 4.65. The van der Waals surface area contributed by atoms with E-state index in [0.29, 0.717) is 43.2 Å². The quantitative estimate of drug-likeness (QED) is 0.127. The Hall–Kier alpha value is -4.70. The lowest BCUT2D eigenvalue weighted by molar-refractivity contribution is -0.133. The first-order chi connectivity index (χ1) is 27.2. The summed E-state index contributed by atoms with van der Waals surface area (Å²) in [5.74, 6) is 2.17. The minimum Gasteiger partial charge on any atom is -0.457 e. The van der Waals surface area contributed by atoms with Gasteiger partial charge >= 0.3 is 0 Å². The third-order valence-electron chi connectivity index (χ3n) is 11.3. The molecule has 0 bridgehead atoms. The maximum absolute atomic E-state index is 14.0. The highest BCUT2D eigenvalue weighted by atomic mass is 16.5. The highest BCUT2D eigenvalue weighted by Crippen LogP contribution is 2.28. The van der Waals surface area contributed by atoms with Crippen LogP contribution in [-0.4, -0.2) is 77.2 Å². The Labute approximate surface area is 340 Å². The minimum atomic E-state index is -0.531. The molecule has 10 nitrogen and oxygen atoms in total. The number of amides is 4. The van der Waals surface area contributed by atoms with Crippen LogP contribution in [0.3, 0.4) is 0 Å². The van der Waals surface area contributed by atoms with E-state index < -0.39 is 12.1 Å². The van der Waals surface area contributed by atoms with E-state index in [1.54, 1.807) is 29.2 Å². The standard InChI is InChI=1S/C47H65N5O5/c1-30(2)23-37-27-51(29-43(53)50-44-34(7)13-12-14-35(44)8)41(45(54)48-37)26-33(6)18-17-32(5)25-38-28-52(42(24-31(3)4)46(55)49-38)47(56)36-19-21-40(22-20-36)57-39-15-10-9-11-16-39/h9-16,19-22,30-33,37-38,41-42H,17-18,23-29H2,1-8H3,(H,48,54)(H,49,55)(H,50,53)/t32?,33?,37-,38-,41-,42-/m0/s1. The zero-order valence-electron chi connectivity index (χ0n) is 35.3. The maximum Gasteiger partial charge on any atom is 0.254 e. The molecule has 57 heavy (non-hydrogen) atoms. The van der Waals surface area contributed by atoms with E-state index in [1.165, 1.54) is 0 Å². The molecule has 4 amide bonds. The highest BCUT2D eigenvalue weighted by Gasteiger charge is 2.39. The van der Waals surface area contributed by atoms with Gasteiger partial charge in [-0.1, -0.05) is 90.8 Å². The molecule has 3 aromatic rings. The van der Waals surface area contributed by atoms with E-state index in [-0.39, 0.29) is 60.0 Å². The number of anilines is 1. The van der Waals surface area contributed by atoms with Gasteiger partial charge < -0.3 is 25.6 Å². The average molecular weight is 780 g/mol. The SMILES string of the molecule is Cc1cccc(C)c1NC(=O)CN1C[C@H](CC(C)C)NC(=O)[C@@H]1CC(C)CCC(C)C[C@H]1CN(C(=O)c2ccc(Oc3ccccc3)cc2)[C@@H](CC(C)C)C(=O)N1. The number of nitrogens with zero attached hydrogens (tertiary/aromatic N) is 2. The number of nitrogens with one attached hydrogen (secondary N) is 3. The van der Waals surface area contributed by atoms with Gasteiger partial charge in [0.05, 0.1) is 12.6 Å². The molecular weight excluding hydrogens is 715 g/mol. The smallest absolute Gasteiger partial charge is 0.254 e. The molecule has 6 atom stereocenters. The predicted octanol–water partition coefficient (Wildman–Crippen LogP) is 8.14. The molecule has 5 rings (SSSR count). The van der Waals surface area contributed by atoms with Crippen molar-refractivity contribution in [1.82, 2.24) is 20.4 Å². The van der Waals surface area contributed by atoms with Gasteiger partial charge in [0.15, 0.2) is 0 Å². The lowest BCUT2D eigenvalue weighted by Crippen LogP contribution is -2.62. The maximum atomic E-state index is 14.0. The lowest BCUT2D eigenvalue weighted by atomic mass is 9.87. The number of carbonyl (C=O) groups excluding carboxylic acids is 4. The van der Waals surface area contributed by atoms with Crippen LogP contribution in [0.4, 0.5) is 5.69 Å². The number of hydrogen-bond donors (Lipinski definition) is 3. The largest absolute Gasteiger partial charge is 0.457 e. The minimum absolute atomic E-state index is 0.00220. The van der Waals surface area contributed by atoms with Gasteiger partial charge in [-0.15, -0.1) is 0 Å². The van der Waals surface area contributed by atoms with Crippen molar-refractivity contribution in [2.45, 2.75) is 118 Å². The molecule has 0 saturated carbocycles. The lowest BCUT2D eigenvalue weighted by Gasteiger charge is -2.41. The molecule has 2 saturated heterocycles. The fourth-order valence-electron chi connectivity index (χ4n) is 8.44. The van der Waals surface area contributed by atoms with Crippen LogP contribution in [0, 0.1) is 37.5 Å². The van der Waals surface area contributed by atoms with E-state index in [4.69, 9.17) is 4.74 Å². The van der Waals surface area contributed by atoms with Crippen molar-refractivity contribution >= 4 is 29.3 Å². The molecule has 2 heterocycles. The van der Waals surface area contributed by atoms with Crippen molar-refractivity contribution < 1.29 is 23.9 Å². The van der Waals surface area contributed by atoms with Crippen LogP contribution in [0.2, 0.25) is 0 Å². The Morgan fingerprint density at radius 2 is 1.25 bits per heavy atom. The molecule has 308 valence electrons. The molecule has 3 aromatic carbocycles. The number of hydrogen-bond acceptors (Lipinski definition) is 6. The Bertz CT molecular complexity index is 1790. The predicted molar refractivity (Wildman–Crippen MR) is 227 cm³/mol. The molecule has 2 aliphatic heterocycles.